The van der Waals surface area contributed by atoms with Crippen molar-refractivity contribution in [2.45, 2.75) is 129 Å². The molecule has 0 bridgehead atoms. The second-order valence-electron chi connectivity index (χ2n) is 13.5. The zero-order chi connectivity index (χ0) is 33.0. The summed E-state index contributed by atoms with van der Waals surface area (Å²) in [4.78, 5) is 25.2. The first-order valence-corrected chi connectivity index (χ1v) is 18.9. The smallest absolute Gasteiger partial charge is 0.306 e. The minimum Gasteiger partial charge on any atom is -0.463 e. The maximum atomic E-state index is 15.4. The van der Waals surface area contributed by atoms with Gasteiger partial charge in [-0.25, -0.2) is 0 Å². The molecular weight excluding hydrogens is 578 g/mol. The van der Waals surface area contributed by atoms with Crippen LogP contribution in [0, 0.1) is 11.8 Å². The number of hydrogen-bond acceptors (Lipinski definition) is 5. The van der Waals surface area contributed by atoms with Gasteiger partial charge in [0.1, 0.15) is 11.9 Å². The van der Waals surface area contributed by atoms with Crippen molar-refractivity contribution in [3.8, 4) is 0 Å². The molecular formula is C36H54F2O5Si. The third-order valence-corrected chi connectivity index (χ3v) is 12.9. The fourth-order valence-electron chi connectivity index (χ4n) is 4.88. The topological polar surface area (TPSA) is 61.8 Å². The van der Waals surface area contributed by atoms with Crippen LogP contribution in [-0.4, -0.2) is 44.3 Å². The molecule has 0 radical (unpaired) electrons. The van der Waals surface area contributed by atoms with Crippen LogP contribution >= 0.6 is 0 Å². The Morgan fingerprint density at radius 1 is 1.09 bits per heavy atom. The van der Waals surface area contributed by atoms with Crippen LogP contribution in [0.25, 0.3) is 0 Å². The molecule has 44 heavy (non-hydrogen) atoms. The van der Waals surface area contributed by atoms with E-state index in [4.69, 9.17) is 13.9 Å². The van der Waals surface area contributed by atoms with Crippen molar-refractivity contribution >= 4 is 20.1 Å². The molecule has 246 valence electrons. The fourth-order valence-corrected chi connectivity index (χ4v) is 6.23. The molecule has 4 atom stereocenters. The number of carbonyl (C=O) groups is 2. The Hall–Kier alpha value is -2.42. The summed E-state index contributed by atoms with van der Waals surface area (Å²) in [6.45, 7) is 16.2. The third-order valence-electron chi connectivity index (χ3n) is 8.37. The largest absolute Gasteiger partial charge is 0.463 e. The summed E-state index contributed by atoms with van der Waals surface area (Å²) in [6, 6.07) is 9.25. The average molecular weight is 633 g/mol. The summed E-state index contributed by atoms with van der Waals surface area (Å²) >= 11 is 0. The molecule has 1 aromatic rings. The number of halogens is 2. The molecule has 1 aromatic carbocycles. The summed E-state index contributed by atoms with van der Waals surface area (Å²) in [5.41, 5.74) is 0.803. The number of alkyl halides is 2. The molecule has 8 heteroatoms. The molecule has 0 aliphatic heterocycles. The Morgan fingerprint density at radius 2 is 1.77 bits per heavy atom. The predicted octanol–water partition coefficient (Wildman–Crippen LogP) is 9.39. The summed E-state index contributed by atoms with van der Waals surface area (Å²) in [5.74, 6) is -4.13. The fraction of sp³-hybridized carbons (Fsp3) is 0.611. The average Bonchev–Trinajstić information content (AvgIpc) is 3.21. The van der Waals surface area contributed by atoms with Crippen LogP contribution in [-0.2, 0) is 30.1 Å². The van der Waals surface area contributed by atoms with E-state index >= 15 is 8.78 Å². The van der Waals surface area contributed by atoms with E-state index in [1.807, 2.05) is 63.3 Å². The minimum atomic E-state index is -3.23. The van der Waals surface area contributed by atoms with Gasteiger partial charge in [0, 0.05) is 24.7 Å². The van der Waals surface area contributed by atoms with Gasteiger partial charge in [-0.1, -0.05) is 88.4 Å². The molecule has 1 saturated carbocycles. The van der Waals surface area contributed by atoms with Gasteiger partial charge >= 0.3 is 5.97 Å². The van der Waals surface area contributed by atoms with Gasteiger partial charge < -0.3 is 13.9 Å². The third kappa shape index (κ3) is 12.2. The molecule has 1 aliphatic rings. The highest BCUT2D eigenvalue weighted by molar-refractivity contribution is 6.74. The molecule has 0 heterocycles. The van der Waals surface area contributed by atoms with Crippen molar-refractivity contribution in [3.05, 3.63) is 72.4 Å². The molecule has 0 aromatic heterocycles. The van der Waals surface area contributed by atoms with Gasteiger partial charge in [-0.05, 0) is 69.3 Å². The lowest BCUT2D eigenvalue weighted by atomic mass is 9.90. The first-order valence-electron chi connectivity index (χ1n) is 16.0. The van der Waals surface area contributed by atoms with Gasteiger partial charge in [0.2, 0.25) is 0 Å². The lowest BCUT2D eigenvalue weighted by molar-refractivity contribution is -0.147. The summed E-state index contributed by atoms with van der Waals surface area (Å²) in [7, 11) is -2.25. The normalized spacial score (nSPS) is 20.9. The number of rotatable bonds is 17. The van der Waals surface area contributed by atoms with Gasteiger partial charge in [-0.2, -0.15) is 8.78 Å². The Morgan fingerprint density at radius 3 is 2.39 bits per heavy atom. The number of Topliss-reactive ketones (excluding diaryl/α,β-unsaturated/α-hetero) is 1. The van der Waals surface area contributed by atoms with Gasteiger partial charge in [0.25, 0.3) is 5.92 Å². The predicted molar refractivity (Wildman–Crippen MR) is 176 cm³/mol. The van der Waals surface area contributed by atoms with Crippen LogP contribution in [0.5, 0.6) is 0 Å². The van der Waals surface area contributed by atoms with Gasteiger partial charge in [-0.15, -0.1) is 0 Å². The molecule has 1 unspecified atom stereocenters. The molecule has 0 spiro atoms. The van der Waals surface area contributed by atoms with Crippen LogP contribution in [0.4, 0.5) is 8.78 Å². The minimum absolute atomic E-state index is 0.0375. The lowest BCUT2D eigenvalue weighted by Gasteiger charge is -2.39. The number of ketones is 1. The summed E-state index contributed by atoms with van der Waals surface area (Å²) in [6.07, 6.45) is 10.3. The van der Waals surface area contributed by atoms with Crippen molar-refractivity contribution in [1.29, 1.82) is 0 Å². The van der Waals surface area contributed by atoms with Crippen LogP contribution in [0.15, 0.2) is 66.8 Å². The van der Waals surface area contributed by atoms with E-state index in [0.29, 0.717) is 32.1 Å². The van der Waals surface area contributed by atoms with Crippen molar-refractivity contribution in [1.82, 2.24) is 0 Å². The van der Waals surface area contributed by atoms with Gasteiger partial charge in [0.05, 0.1) is 18.8 Å². The number of esters is 1. The monoisotopic (exact) mass is 632 g/mol. The van der Waals surface area contributed by atoms with Crippen LogP contribution in [0.1, 0.15) is 85.6 Å². The van der Waals surface area contributed by atoms with Crippen molar-refractivity contribution < 1.29 is 32.3 Å². The lowest BCUT2D eigenvalue weighted by Crippen LogP contribution is -2.45. The highest BCUT2D eigenvalue weighted by atomic mass is 28.4. The second kappa shape index (κ2) is 17.3. The Kier molecular flexibility index (Phi) is 14.9. The Balaban J connectivity index is 2.29. The van der Waals surface area contributed by atoms with Crippen molar-refractivity contribution in [2.75, 3.05) is 0 Å². The zero-order valence-corrected chi connectivity index (χ0v) is 29.0. The van der Waals surface area contributed by atoms with Gasteiger partial charge in [-0.3, -0.25) is 9.59 Å². The zero-order valence-electron chi connectivity index (χ0n) is 28.0. The van der Waals surface area contributed by atoms with E-state index in [9.17, 15) is 9.59 Å². The molecule has 0 saturated heterocycles. The van der Waals surface area contributed by atoms with E-state index < -0.39 is 32.4 Å². The first-order chi connectivity index (χ1) is 20.6. The molecule has 1 aliphatic carbocycles. The number of unbranched alkanes of at least 4 members (excludes halogenated alkanes) is 1. The number of hydrogen-bond donors (Lipinski definition) is 0. The van der Waals surface area contributed by atoms with E-state index in [2.05, 4.69) is 33.9 Å². The second-order valence-corrected chi connectivity index (χ2v) is 18.3. The number of ether oxygens (including phenoxy) is 2. The van der Waals surface area contributed by atoms with Crippen molar-refractivity contribution in [2.24, 2.45) is 11.8 Å². The van der Waals surface area contributed by atoms with E-state index in [0.717, 1.165) is 11.6 Å². The summed E-state index contributed by atoms with van der Waals surface area (Å²) in [5, 5.41) is -0.0711. The maximum Gasteiger partial charge on any atom is 0.306 e. The molecule has 1 fully saturated rings. The Bertz CT molecular complexity index is 1120. The SMILES string of the molecule is CC/C=C/C(F)(F)C(/C=C/[C@H]1[C@H](O[Si](C)(C)C(C)(C)C)CC(=O)[C@@H]1C/C=C\CCCC(=O)OC(C)C)OCc1ccccc1. The first kappa shape index (κ1) is 37.8. The number of benzene rings is 1. The molecule has 0 amide bonds. The standard InChI is InChI=1S/C36H54F2O5Si/c1-9-10-24-36(37,38)33(41-26-28-18-14-13-15-19-28)23-22-30-29(20-16-11-12-17-21-34(40)42-27(2)3)31(39)25-32(30)43-44(7,8)35(4,5)6/h10-11,13-16,18-19,22-24,27,29-30,32-33H,9,12,17,20-21,25-26H2,1-8H3/b16-11-,23-22+,24-10+/t29-,30-,32-,33?/m1/s1. The van der Waals surface area contributed by atoms with Gasteiger partial charge in [0.15, 0.2) is 8.32 Å². The highest BCUT2D eigenvalue weighted by Crippen LogP contribution is 2.43. The summed E-state index contributed by atoms with van der Waals surface area (Å²) < 4.78 is 48.5. The molecule has 2 rings (SSSR count). The number of allylic oxidation sites excluding steroid dienone is 3. The quantitative estimate of drug-likeness (QED) is 0.0741. The number of carbonyl (C=O) groups excluding carboxylic acids is 2. The van der Waals surface area contributed by atoms with Crippen LogP contribution < -0.4 is 0 Å². The van der Waals surface area contributed by atoms with Crippen LogP contribution in [0.3, 0.4) is 0 Å². The van der Waals surface area contributed by atoms with E-state index in [1.54, 1.807) is 6.08 Å². The van der Waals surface area contributed by atoms with E-state index in [1.165, 1.54) is 12.2 Å². The Labute approximate surface area is 265 Å². The molecule has 5 nitrogen and oxygen atoms in total. The maximum absolute atomic E-state index is 15.4. The van der Waals surface area contributed by atoms with E-state index in [-0.39, 0.29) is 41.8 Å². The highest BCUT2D eigenvalue weighted by Gasteiger charge is 2.47. The van der Waals surface area contributed by atoms with Crippen molar-refractivity contribution in [3.63, 3.8) is 0 Å². The molecule has 0 N–H and O–H groups in total. The van der Waals surface area contributed by atoms with Crippen LogP contribution in [0.2, 0.25) is 18.1 Å².